The number of benzene rings is 1. The molecule has 0 saturated carbocycles. The smallest absolute Gasteiger partial charge is 0.0950 e. The van der Waals surface area contributed by atoms with Crippen LogP contribution in [-0.4, -0.2) is 10.8 Å². The Labute approximate surface area is 102 Å². The molecule has 0 bridgehead atoms. The standard InChI is InChI=1S/C14H19N3/c1-14(2,3)12-8-10-6-9(7-13(15)16)4-5-11(10)17-12/h4-6,8,17H,7H2,1-3H3,(H3,15,16). The van der Waals surface area contributed by atoms with Gasteiger partial charge < -0.3 is 10.7 Å². The molecule has 0 amide bonds. The van der Waals surface area contributed by atoms with Crippen molar-refractivity contribution in [3.05, 3.63) is 35.5 Å². The largest absolute Gasteiger partial charge is 0.387 e. The lowest BCUT2D eigenvalue weighted by Gasteiger charge is -2.15. The van der Waals surface area contributed by atoms with Crippen LogP contribution in [0.5, 0.6) is 0 Å². The fourth-order valence-electron chi connectivity index (χ4n) is 1.92. The minimum atomic E-state index is 0.125. The van der Waals surface area contributed by atoms with E-state index in [1.165, 1.54) is 11.1 Å². The normalized spacial score (nSPS) is 11.9. The van der Waals surface area contributed by atoms with Crippen molar-refractivity contribution in [1.82, 2.24) is 4.98 Å². The second kappa shape index (κ2) is 3.91. The Hall–Kier alpha value is -1.77. The summed E-state index contributed by atoms with van der Waals surface area (Å²) in [4.78, 5) is 3.43. The Bertz CT molecular complexity index is 558. The first-order valence-corrected chi connectivity index (χ1v) is 5.81. The maximum Gasteiger partial charge on any atom is 0.0950 e. The highest BCUT2D eigenvalue weighted by Gasteiger charge is 2.16. The molecule has 0 unspecified atom stereocenters. The molecule has 0 fully saturated rings. The van der Waals surface area contributed by atoms with E-state index in [2.05, 4.69) is 44.0 Å². The van der Waals surface area contributed by atoms with Crippen LogP contribution in [0.3, 0.4) is 0 Å². The number of fused-ring (bicyclic) bond motifs is 1. The van der Waals surface area contributed by atoms with Crippen molar-refractivity contribution in [1.29, 1.82) is 5.41 Å². The van der Waals surface area contributed by atoms with Crippen LogP contribution in [0.4, 0.5) is 0 Å². The lowest BCUT2D eigenvalue weighted by Crippen LogP contribution is -2.12. The molecule has 17 heavy (non-hydrogen) atoms. The molecule has 0 saturated heterocycles. The van der Waals surface area contributed by atoms with Crippen LogP contribution in [0.15, 0.2) is 24.3 Å². The number of H-pyrrole nitrogens is 1. The molecule has 1 heterocycles. The monoisotopic (exact) mass is 229 g/mol. The Morgan fingerprint density at radius 3 is 2.59 bits per heavy atom. The molecule has 0 atom stereocenters. The maximum atomic E-state index is 7.31. The van der Waals surface area contributed by atoms with Crippen LogP contribution in [0.25, 0.3) is 10.9 Å². The average molecular weight is 229 g/mol. The number of hydrogen-bond acceptors (Lipinski definition) is 1. The van der Waals surface area contributed by atoms with Crippen molar-refractivity contribution in [3.8, 4) is 0 Å². The summed E-state index contributed by atoms with van der Waals surface area (Å²) in [5.74, 6) is 0.205. The zero-order valence-electron chi connectivity index (χ0n) is 10.6. The van der Waals surface area contributed by atoms with Crippen LogP contribution >= 0.6 is 0 Å². The first-order valence-electron chi connectivity index (χ1n) is 5.81. The van der Waals surface area contributed by atoms with E-state index >= 15 is 0 Å². The molecule has 2 aromatic rings. The molecule has 0 aliphatic carbocycles. The van der Waals surface area contributed by atoms with Gasteiger partial charge in [-0.25, -0.2) is 0 Å². The summed E-state index contributed by atoms with van der Waals surface area (Å²) < 4.78 is 0. The third-order valence-electron chi connectivity index (χ3n) is 2.89. The molecular formula is C14H19N3. The van der Waals surface area contributed by atoms with Crippen LogP contribution < -0.4 is 5.73 Å². The topological polar surface area (TPSA) is 65.7 Å². The predicted octanol–water partition coefficient (Wildman–Crippen LogP) is 2.94. The molecule has 3 heteroatoms. The maximum absolute atomic E-state index is 7.31. The number of amidine groups is 1. The Kier molecular flexibility index (Phi) is 2.69. The van der Waals surface area contributed by atoms with Crippen molar-refractivity contribution in [2.75, 3.05) is 0 Å². The van der Waals surface area contributed by atoms with E-state index < -0.39 is 0 Å². The van der Waals surface area contributed by atoms with Crippen molar-refractivity contribution in [2.45, 2.75) is 32.6 Å². The Morgan fingerprint density at radius 1 is 1.29 bits per heavy atom. The zero-order valence-corrected chi connectivity index (χ0v) is 10.6. The summed E-state index contributed by atoms with van der Waals surface area (Å²) >= 11 is 0. The number of rotatable bonds is 2. The second-order valence-electron chi connectivity index (χ2n) is 5.56. The fourth-order valence-corrected chi connectivity index (χ4v) is 1.92. The van der Waals surface area contributed by atoms with E-state index in [0.717, 1.165) is 11.1 Å². The van der Waals surface area contributed by atoms with E-state index in [-0.39, 0.29) is 11.3 Å². The molecule has 3 nitrogen and oxygen atoms in total. The van der Waals surface area contributed by atoms with Gasteiger partial charge in [0.1, 0.15) is 0 Å². The molecule has 2 rings (SSSR count). The number of nitrogens with two attached hydrogens (primary N) is 1. The van der Waals surface area contributed by atoms with Gasteiger partial charge >= 0.3 is 0 Å². The summed E-state index contributed by atoms with van der Waals surface area (Å²) in [6, 6.07) is 8.36. The second-order valence-corrected chi connectivity index (χ2v) is 5.56. The highest BCUT2D eigenvalue weighted by Crippen LogP contribution is 2.26. The molecule has 0 aliphatic heterocycles. The quantitative estimate of drug-likeness (QED) is 0.538. The van der Waals surface area contributed by atoms with E-state index in [1.807, 2.05) is 6.07 Å². The summed E-state index contributed by atoms with van der Waals surface area (Å²) in [6.45, 7) is 6.57. The first-order chi connectivity index (χ1) is 7.86. The minimum absolute atomic E-state index is 0.125. The third kappa shape index (κ3) is 2.49. The molecule has 1 aromatic heterocycles. The van der Waals surface area contributed by atoms with Gasteiger partial charge in [0.15, 0.2) is 0 Å². The summed E-state index contributed by atoms with van der Waals surface area (Å²) in [6.07, 6.45) is 0.520. The fraction of sp³-hybridized carbons (Fsp3) is 0.357. The summed E-state index contributed by atoms with van der Waals surface area (Å²) in [7, 11) is 0. The van der Waals surface area contributed by atoms with Crippen LogP contribution in [0, 0.1) is 5.41 Å². The molecule has 0 radical (unpaired) electrons. The molecule has 1 aromatic carbocycles. The Morgan fingerprint density at radius 2 is 2.00 bits per heavy atom. The zero-order chi connectivity index (χ0) is 12.6. The van der Waals surface area contributed by atoms with Gasteiger partial charge in [-0.2, -0.15) is 0 Å². The van der Waals surface area contributed by atoms with Crippen molar-refractivity contribution in [3.63, 3.8) is 0 Å². The van der Waals surface area contributed by atoms with Gasteiger partial charge in [-0.15, -0.1) is 0 Å². The van der Waals surface area contributed by atoms with Gasteiger partial charge in [0.25, 0.3) is 0 Å². The van der Waals surface area contributed by atoms with Crippen molar-refractivity contribution >= 4 is 16.7 Å². The van der Waals surface area contributed by atoms with E-state index in [1.54, 1.807) is 0 Å². The molecule has 90 valence electrons. The SMILES string of the molecule is CC(C)(C)c1cc2cc(CC(=N)N)ccc2[nH]1. The van der Waals surface area contributed by atoms with Gasteiger partial charge in [0.05, 0.1) is 5.84 Å². The lowest BCUT2D eigenvalue weighted by atomic mass is 9.92. The van der Waals surface area contributed by atoms with Crippen LogP contribution in [-0.2, 0) is 11.8 Å². The molecule has 0 spiro atoms. The molecular weight excluding hydrogens is 210 g/mol. The average Bonchev–Trinajstić information content (AvgIpc) is 2.58. The van der Waals surface area contributed by atoms with Gasteiger partial charge in [0, 0.05) is 23.0 Å². The van der Waals surface area contributed by atoms with E-state index in [4.69, 9.17) is 11.1 Å². The van der Waals surface area contributed by atoms with Gasteiger partial charge in [-0.05, 0) is 29.1 Å². The minimum Gasteiger partial charge on any atom is -0.387 e. The first kappa shape index (κ1) is 11.7. The third-order valence-corrected chi connectivity index (χ3v) is 2.89. The van der Waals surface area contributed by atoms with Crippen molar-refractivity contribution in [2.24, 2.45) is 5.73 Å². The van der Waals surface area contributed by atoms with Gasteiger partial charge in [0.2, 0.25) is 0 Å². The van der Waals surface area contributed by atoms with E-state index in [0.29, 0.717) is 6.42 Å². The lowest BCUT2D eigenvalue weighted by molar-refractivity contribution is 0.574. The summed E-state index contributed by atoms with van der Waals surface area (Å²) in [5.41, 5.74) is 9.00. The number of nitrogens with one attached hydrogen (secondary N) is 2. The molecule has 0 aliphatic rings. The van der Waals surface area contributed by atoms with Crippen LogP contribution in [0.1, 0.15) is 32.0 Å². The highest BCUT2D eigenvalue weighted by molar-refractivity contribution is 5.84. The van der Waals surface area contributed by atoms with Crippen LogP contribution in [0.2, 0.25) is 0 Å². The highest BCUT2D eigenvalue weighted by atomic mass is 14.7. The predicted molar refractivity (Wildman–Crippen MR) is 72.6 cm³/mol. The van der Waals surface area contributed by atoms with Gasteiger partial charge in [-0.1, -0.05) is 26.8 Å². The number of hydrogen-bond donors (Lipinski definition) is 3. The Balaban J connectivity index is 2.44. The number of aromatic nitrogens is 1. The molecule has 4 N–H and O–H groups in total. The van der Waals surface area contributed by atoms with E-state index in [9.17, 15) is 0 Å². The van der Waals surface area contributed by atoms with Gasteiger partial charge in [-0.3, -0.25) is 5.41 Å². The van der Waals surface area contributed by atoms with Crippen molar-refractivity contribution < 1.29 is 0 Å². The summed E-state index contributed by atoms with van der Waals surface area (Å²) in [5, 5.41) is 8.50. The number of aromatic amines is 1.